The quantitative estimate of drug-likeness (QED) is 0.733. The van der Waals surface area contributed by atoms with Crippen LogP contribution in [-0.4, -0.2) is 25.2 Å². The average molecular weight is 202 g/mol. The maximum Gasteiger partial charge on any atom is 0.251 e. The molecule has 0 bridgehead atoms. The fourth-order valence-corrected chi connectivity index (χ4v) is 1.22. The molecule has 1 aliphatic rings. The van der Waals surface area contributed by atoms with Crippen molar-refractivity contribution in [2.24, 2.45) is 0 Å². The van der Waals surface area contributed by atoms with Crippen molar-refractivity contribution in [1.82, 2.24) is 5.32 Å². The van der Waals surface area contributed by atoms with E-state index < -0.39 is 0 Å². The summed E-state index contributed by atoms with van der Waals surface area (Å²) in [5, 5.41) is 11.4. The van der Waals surface area contributed by atoms with E-state index in [-0.39, 0.29) is 12.0 Å². The standard InChI is InChI=1S/C11H10N2O2/c12-5-8-2-1-3-9(4-8)11(14)13-6-10-7-15-10/h1-4,10H,6-7H2,(H,13,14). The molecule has 1 amide bonds. The predicted molar refractivity (Wildman–Crippen MR) is 53.2 cm³/mol. The molecule has 0 spiro atoms. The molecule has 1 heterocycles. The van der Waals surface area contributed by atoms with Gasteiger partial charge in [0, 0.05) is 12.1 Å². The van der Waals surface area contributed by atoms with Crippen LogP contribution in [0.25, 0.3) is 0 Å². The van der Waals surface area contributed by atoms with Crippen LogP contribution in [0.2, 0.25) is 0 Å². The van der Waals surface area contributed by atoms with Gasteiger partial charge in [0.2, 0.25) is 0 Å². The number of nitrogens with one attached hydrogen (secondary N) is 1. The first-order valence-corrected chi connectivity index (χ1v) is 4.69. The first-order chi connectivity index (χ1) is 7.29. The van der Waals surface area contributed by atoms with Crippen molar-refractivity contribution >= 4 is 5.91 Å². The van der Waals surface area contributed by atoms with E-state index in [1.165, 1.54) is 0 Å². The van der Waals surface area contributed by atoms with Crippen molar-refractivity contribution in [3.05, 3.63) is 35.4 Å². The summed E-state index contributed by atoms with van der Waals surface area (Å²) in [6, 6.07) is 8.61. The number of benzene rings is 1. The Balaban J connectivity index is 2.00. The third-order valence-corrected chi connectivity index (χ3v) is 2.15. The molecule has 4 nitrogen and oxygen atoms in total. The van der Waals surface area contributed by atoms with Crippen LogP contribution in [0.5, 0.6) is 0 Å². The summed E-state index contributed by atoms with van der Waals surface area (Å²) in [6.07, 6.45) is 0.174. The number of nitrogens with zero attached hydrogens (tertiary/aromatic N) is 1. The van der Waals surface area contributed by atoms with Crippen molar-refractivity contribution in [3.63, 3.8) is 0 Å². The van der Waals surface area contributed by atoms with Gasteiger partial charge in [0.05, 0.1) is 24.3 Å². The number of rotatable bonds is 3. The second-order valence-corrected chi connectivity index (χ2v) is 3.36. The zero-order valence-electron chi connectivity index (χ0n) is 8.06. The molecule has 1 unspecified atom stereocenters. The van der Waals surface area contributed by atoms with E-state index in [0.29, 0.717) is 17.7 Å². The molecule has 1 fully saturated rings. The van der Waals surface area contributed by atoms with Gasteiger partial charge in [-0.05, 0) is 18.2 Å². The second kappa shape index (κ2) is 4.11. The van der Waals surface area contributed by atoms with Gasteiger partial charge in [-0.15, -0.1) is 0 Å². The Morgan fingerprint density at radius 2 is 2.47 bits per heavy atom. The van der Waals surface area contributed by atoms with Crippen LogP contribution >= 0.6 is 0 Å². The summed E-state index contributed by atoms with van der Waals surface area (Å²) in [6.45, 7) is 1.26. The van der Waals surface area contributed by atoms with Gasteiger partial charge in [0.1, 0.15) is 0 Å². The van der Waals surface area contributed by atoms with Crippen molar-refractivity contribution in [1.29, 1.82) is 5.26 Å². The predicted octanol–water partition coefficient (Wildman–Crippen LogP) is 0.687. The molecule has 1 N–H and O–H groups in total. The van der Waals surface area contributed by atoms with E-state index in [0.717, 1.165) is 6.61 Å². The molecule has 76 valence electrons. The number of hydrogen-bond acceptors (Lipinski definition) is 3. The first-order valence-electron chi connectivity index (χ1n) is 4.69. The molecule has 1 aromatic carbocycles. The van der Waals surface area contributed by atoms with Crippen LogP contribution in [0.3, 0.4) is 0 Å². The van der Waals surface area contributed by atoms with Crippen LogP contribution in [0.4, 0.5) is 0 Å². The van der Waals surface area contributed by atoms with Crippen LogP contribution < -0.4 is 5.32 Å². The smallest absolute Gasteiger partial charge is 0.251 e. The van der Waals surface area contributed by atoms with E-state index in [4.69, 9.17) is 10.00 Å². The highest BCUT2D eigenvalue weighted by Crippen LogP contribution is 2.08. The molecule has 15 heavy (non-hydrogen) atoms. The Hall–Kier alpha value is -1.86. The van der Waals surface area contributed by atoms with Gasteiger partial charge in [0.25, 0.3) is 5.91 Å². The highest BCUT2D eigenvalue weighted by molar-refractivity contribution is 5.94. The molecule has 2 rings (SSSR count). The Bertz CT molecular complexity index is 419. The number of nitriles is 1. The van der Waals surface area contributed by atoms with Crippen LogP contribution in [-0.2, 0) is 4.74 Å². The maximum absolute atomic E-state index is 11.6. The summed E-state index contributed by atoms with van der Waals surface area (Å²) in [5.41, 5.74) is 1.00. The summed E-state index contributed by atoms with van der Waals surface area (Å²) < 4.78 is 4.97. The van der Waals surface area contributed by atoms with Gasteiger partial charge in [0.15, 0.2) is 0 Å². The van der Waals surface area contributed by atoms with Gasteiger partial charge in [-0.3, -0.25) is 4.79 Å². The number of amides is 1. The number of ether oxygens (including phenoxy) is 1. The minimum Gasteiger partial charge on any atom is -0.371 e. The Morgan fingerprint density at radius 3 is 3.13 bits per heavy atom. The van der Waals surface area contributed by atoms with E-state index >= 15 is 0 Å². The average Bonchev–Trinajstić information content (AvgIpc) is 3.10. The van der Waals surface area contributed by atoms with E-state index in [9.17, 15) is 4.79 Å². The van der Waals surface area contributed by atoms with Crippen LogP contribution in [0.1, 0.15) is 15.9 Å². The molecular formula is C11H10N2O2. The third-order valence-electron chi connectivity index (χ3n) is 2.15. The van der Waals surface area contributed by atoms with Crippen LogP contribution in [0.15, 0.2) is 24.3 Å². The highest BCUT2D eigenvalue weighted by atomic mass is 16.6. The largest absolute Gasteiger partial charge is 0.371 e. The summed E-state index contributed by atoms with van der Waals surface area (Å²) >= 11 is 0. The minimum absolute atomic E-state index is 0.164. The first kappa shape index (κ1) is 9.69. The number of carbonyl (C=O) groups excluding carboxylic acids is 1. The SMILES string of the molecule is N#Cc1cccc(C(=O)NCC2CO2)c1. The zero-order valence-corrected chi connectivity index (χ0v) is 8.06. The molecule has 1 atom stereocenters. The summed E-state index contributed by atoms with van der Waals surface area (Å²) in [7, 11) is 0. The number of hydrogen-bond donors (Lipinski definition) is 1. The minimum atomic E-state index is -0.164. The molecule has 4 heteroatoms. The molecule has 0 aliphatic carbocycles. The molecule has 0 aromatic heterocycles. The van der Waals surface area contributed by atoms with Gasteiger partial charge in [-0.1, -0.05) is 6.07 Å². The normalized spacial score (nSPS) is 17.9. The fourth-order valence-electron chi connectivity index (χ4n) is 1.22. The Labute approximate surface area is 87.5 Å². The number of carbonyl (C=O) groups is 1. The molecule has 1 saturated heterocycles. The van der Waals surface area contributed by atoms with E-state index in [1.54, 1.807) is 24.3 Å². The lowest BCUT2D eigenvalue weighted by Crippen LogP contribution is -2.27. The van der Waals surface area contributed by atoms with Gasteiger partial charge < -0.3 is 10.1 Å². The lowest BCUT2D eigenvalue weighted by atomic mass is 10.1. The lowest BCUT2D eigenvalue weighted by Gasteiger charge is -2.02. The van der Waals surface area contributed by atoms with Crippen LogP contribution in [0, 0.1) is 11.3 Å². The lowest BCUT2D eigenvalue weighted by molar-refractivity contribution is 0.0950. The van der Waals surface area contributed by atoms with E-state index in [2.05, 4.69) is 5.32 Å². The summed E-state index contributed by atoms with van der Waals surface area (Å²) in [5.74, 6) is -0.164. The Morgan fingerprint density at radius 1 is 1.67 bits per heavy atom. The monoisotopic (exact) mass is 202 g/mol. The van der Waals surface area contributed by atoms with Crippen molar-refractivity contribution in [2.45, 2.75) is 6.10 Å². The van der Waals surface area contributed by atoms with Crippen molar-refractivity contribution < 1.29 is 9.53 Å². The van der Waals surface area contributed by atoms with Gasteiger partial charge >= 0.3 is 0 Å². The fraction of sp³-hybridized carbons (Fsp3) is 0.273. The molecule has 0 radical (unpaired) electrons. The zero-order chi connectivity index (χ0) is 10.7. The van der Waals surface area contributed by atoms with Gasteiger partial charge in [-0.2, -0.15) is 5.26 Å². The van der Waals surface area contributed by atoms with Gasteiger partial charge in [-0.25, -0.2) is 0 Å². The number of epoxide rings is 1. The molecular weight excluding hydrogens is 192 g/mol. The molecule has 1 aliphatic heterocycles. The maximum atomic E-state index is 11.6. The third kappa shape index (κ3) is 2.55. The van der Waals surface area contributed by atoms with E-state index in [1.807, 2.05) is 6.07 Å². The molecule has 1 aromatic rings. The topological polar surface area (TPSA) is 65.4 Å². The second-order valence-electron chi connectivity index (χ2n) is 3.36. The van der Waals surface area contributed by atoms with Crippen molar-refractivity contribution in [3.8, 4) is 6.07 Å². The van der Waals surface area contributed by atoms with Crippen molar-refractivity contribution in [2.75, 3.05) is 13.2 Å². The Kier molecular flexibility index (Phi) is 2.66. The summed E-state index contributed by atoms with van der Waals surface area (Å²) in [4.78, 5) is 11.6. The molecule has 0 saturated carbocycles. The highest BCUT2D eigenvalue weighted by Gasteiger charge is 2.22.